The maximum absolute atomic E-state index is 12.1. The number of aryl methyl sites for hydroxylation is 1. The predicted molar refractivity (Wildman–Crippen MR) is 59.9 cm³/mol. The SMILES string of the molecule is COC1CN(C(=O)c2oc(C3CC3)nc2C)C1. The number of carbonyl (C=O) groups is 1. The van der Waals surface area contributed by atoms with Crippen LogP contribution in [0.2, 0.25) is 0 Å². The Morgan fingerprint density at radius 1 is 1.47 bits per heavy atom. The number of hydrogen-bond acceptors (Lipinski definition) is 4. The summed E-state index contributed by atoms with van der Waals surface area (Å²) >= 11 is 0. The molecule has 2 heterocycles. The zero-order valence-corrected chi connectivity index (χ0v) is 10.1. The highest BCUT2D eigenvalue weighted by Crippen LogP contribution is 2.40. The van der Waals surface area contributed by atoms with Crippen molar-refractivity contribution in [2.24, 2.45) is 0 Å². The Bertz CT molecular complexity index is 445. The summed E-state index contributed by atoms with van der Waals surface area (Å²) in [5.41, 5.74) is 0.706. The third-order valence-corrected chi connectivity index (χ3v) is 3.40. The minimum atomic E-state index is -0.0600. The summed E-state index contributed by atoms with van der Waals surface area (Å²) in [6, 6.07) is 0. The monoisotopic (exact) mass is 236 g/mol. The molecule has 2 fully saturated rings. The van der Waals surface area contributed by atoms with E-state index in [0.717, 1.165) is 18.7 Å². The van der Waals surface area contributed by atoms with E-state index in [1.807, 2.05) is 6.92 Å². The quantitative estimate of drug-likeness (QED) is 0.794. The van der Waals surface area contributed by atoms with Crippen LogP contribution in [-0.4, -0.2) is 42.1 Å². The molecule has 1 aliphatic heterocycles. The van der Waals surface area contributed by atoms with Gasteiger partial charge in [-0.3, -0.25) is 4.79 Å². The molecule has 3 rings (SSSR count). The first-order valence-corrected chi connectivity index (χ1v) is 5.98. The first kappa shape index (κ1) is 10.8. The van der Waals surface area contributed by atoms with Crippen LogP contribution in [0.4, 0.5) is 0 Å². The molecule has 92 valence electrons. The lowest BCUT2D eigenvalue weighted by atomic mass is 10.1. The lowest BCUT2D eigenvalue weighted by molar-refractivity contribution is -0.0206. The van der Waals surface area contributed by atoms with E-state index >= 15 is 0 Å². The van der Waals surface area contributed by atoms with Gasteiger partial charge >= 0.3 is 0 Å². The molecule has 1 saturated heterocycles. The Hall–Kier alpha value is -1.36. The van der Waals surface area contributed by atoms with Gasteiger partial charge in [0.25, 0.3) is 5.91 Å². The molecule has 5 heteroatoms. The Morgan fingerprint density at radius 2 is 2.18 bits per heavy atom. The number of amides is 1. The lowest BCUT2D eigenvalue weighted by Gasteiger charge is -2.37. The lowest BCUT2D eigenvalue weighted by Crippen LogP contribution is -2.54. The number of oxazole rings is 1. The maximum Gasteiger partial charge on any atom is 0.291 e. The summed E-state index contributed by atoms with van der Waals surface area (Å²) in [5, 5.41) is 0. The van der Waals surface area contributed by atoms with Crippen LogP contribution >= 0.6 is 0 Å². The second kappa shape index (κ2) is 3.84. The Kier molecular flexibility index (Phi) is 2.43. The van der Waals surface area contributed by atoms with Gasteiger partial charge in [0.2, 0.25) is 5.76 Å². The van der Waals surface area contributed by atoms with Crippen LogP contribution < -0.4 is 0 Å². The first-order chi connectivity index (χ1) is 8.19. The highest BCUT2D eigenvalue weighted by molar-refractivity contribution is 5.93. The van der Waals surface area contributed by atoms with E-state index in [9.17, 15) is 4.79 Å². The molecular weight excluding hydrogens is 220 g/mol. The Labute approximate surface area is 99.8 Å². The van der Waals surface area contributed by atoms with Crippen molar-refractivity contribution in [2.45, 2.75) is 31.8 Å². The summed E-state index contributed by atoms with van der Waals surface area (Å²) in [5.74, 6) is 1.52. The van der Waals surface area contributed by atoms with Crippen molar-refractivity contribution in [3.63, 3.8) is 0 Å². The van der Waals surface area contributed by atoms with Gasteiger partial charge in [0.1, 0.15) is 0 Å². The van der Waals surface area contributed by atoms with E-state index in [-0.39, 0.29) is 12.0 Å². The number of aromatic nitrogens is 1. The van der Waals surface area contributed by atoms with Crippen LogP contribution in [0.25, 0.3) is 0 Å². The van der Waals surface area contributed by atoms with E-state index in [0.29, 0.717) is 30.5 Å². The second-order valence-electron chi connectivity index (χ2n) is 4.81. The predicted octanol–water partition coefficient (Wildman–Crippen LogP) is 1.33. The second-order valence-corrected chi connectivity index (χ2v) is 4.81. The van der Waals surface area contributed by atoms with Crippen LogP contribution in [0, 0.1) is 6.92 Å². The minimum absolute atomic E-state index is 0.0600. The summed E-state index contributed by atoms with van der Waals surface area (Å²) in [6.45, 7) is 3.12. The molecule has 0 spiro atoms. The topological polar surface area (TPSA) is 55.6 Å². The fourth-order valence-electron chi connectivity index (χ4n) is 2.02. The molecule has 2 aliphatic rings. The average Bonchev–Trinajstić information content (AvgIpc) is 3.01. The van der Waals surface area contributed by atoms with Gasteiger partial charge < -0.3 is 14.1 Å². The van der Waals surface area contributed by atoms with Crippen LogP contribution in [0.15, 0.2) is 4.42 Å². The van der Waals surface area contributed by atoms with Crippen molar-refractivity contribution in [2.75, 3.05) is 20.2 Å². The summed E-state index contributed by atoms with van der Waals surface area (Å²) in [6.07, 6.45) is 2.43. The number of likely N-dealkylation sites (tertiary alicyclic amines) is 1. The van der Waals surface area contributed by atoms with Gasteiger partial charge in [-0.15, -0.1) is 0 Å². The summed E-state index contributed by atoms with van der Waals surface area (Å²) < 4.78 is 10.7. The van der Waals surface area contributed by atoms with Gasteiger partial charge in [0.05, 0.1) is 11.8 Å². The molecule has 1 aliphatic carbocycles. The molecule has 0 bridgehead atoms. The van der Waals surface area contributed by atoms with Crippen molar-refractivity contribution in [1.29, 1.82) is 0 Å². The molecule has 0 atom stereocenters. The van der Waals surface area contributed by atoms with E-state index in [4.69, 9.17) is 9.15 Å². The molecule has 1 saturated carbocycles. The molecule has 1 aromatic rings. The van der Waals surface area contributed by atoms with E-state index < -0.39 is 0 Å². The summed E-state index contributed by atoms with van der Waals surface area (Å²) in [4.78, 5) is 18.2. The van der Waals surface area contributed by atoms with Crippen molar-refractivity contribution >= 4 is 5.91 Å². The average molecular weight is 236 g/mol. The van der Waals surface area contributed by atoms with Crippen molar-refractivity contribution in [3.8, 4) is 0 Å². The number of ether oxygens (including phenoxy) is 1. The first-order valence-electron chi connectivity index (χ1n) is 5.98. The number of hydrogen-bond donors (Lipinski definition) is 0. The molecule has 0 unspecified atom stereocenters. The van der Waals surface area contributed by atoms with Gasteiger partial charge in [-0.25, -0.2) is 4.98 Å². The number of nitrogens with zero attached hydrogens (tertiary/aromatic N) is 2. The molecule has 1 amide bonds. The number of methoxy groups -OCH3 is 1. The molecular formula is C12H16N2O3. The maximum atomic E-state index is 12.1. The highest BCUT2D eigenvalue weighted by atomic mass is 16.5. The highest BCUT2D eigenvalue weighted by Gasteiger charge is 2.36. The molecule has 1 aromatic heterocycles. The van der Waals surface area contributed by atoms with Gasteiger partial charge in [-0.1, -0.05) is 0 Å². The fourth-order valence-corrected chi connectivity index (χ4v) is 2.02. The van der Waals surface area contributed by atoms with E-state index in [1.54, 1.807) is 12.0 Å². The molecule has 5 nitrogen and oxygen atoms in total. The van der Waals surface area contributed by atoms with Gasteiger partial charge in [-0.2, -0.15) is 0 Å². The smallest absolute Gasteiger partial charge is 0.291 e. The van der Waals surface area contributed by atoms with Crippen LogP contribution in [0.5, 0.6) is 0 Å². The third kappa shape index (κ3) is 1.84. The molecule has 0 aromatic carbocycles. The van der Waals surface area contributed by atoms with E-state index in [1.165, 1.54) is 0 Å². The third-order valence-electron chi connectivity index (χ3n) is 3.40. The van der Waals surface area contributed by atoms with Gasteiger partial charge in [-0.05, 0) is 19.8 Å². The Morgan fingerprint density at radius 3 is 2.76 bits per heavy atom. The van der Waals surface area contributed by atoms with Crippen LogP contribution in [0.1, 0.15) is 40.9 Å². The van der Waals surface area contributed by atoms with Gasteiger partial charge in [0, 0.05) is 26.1 Å². The number of carbonyl (C=O) groups excluding carboxylic acids is 1. The minimum Gasteiger partial charge on any atom is -0.435 e. The van der Waals surface area contributed by atoms with Crippen molar-refractivity contribution in [1.82, 2.24) is 9.88 Å². The van der Waals surface area contributed by atoms with E-state index in [2.05, 4.69) is 4.98 Å². The van der Waals surface area contributed by atoms with Crippen molar-refractivity contribution in [3.05, 3.63) is 17.3 Å². The largest absolute Gasteiger partial charge is 0.435 e. The Balaban J connectivity index is 1.73. The van der Waals surface area contributed by atoms with Crippen LogP contribution in [0.3, 0.4) is 0 Å². The fraction of sp³-hybridized carbons (Fsp3) is 0.667. The van der Waals surface area contributed by atoms with Crippen LogP contribution in [-0.2, 0) is 4.74 Å². The van der Waals surface area contributed by atoms with Crippen molar-refractivity contribution < 1.29 is 13.9 Å². The summed E-state index contributed by atoms with van der Waals surface area (Å²) in [7, 11) is 1.66. The van der Waals surface area contributed by atoms with Gasteiger partial charge in [0.15, 0.2) is 5.89 Å². The molecule has 17 heavy (non-hydrogen) atoms. The standard InChI is InChI=1S/C12H16N2O3/c1-7-10(17-11(13-7)8-3-4-8)12(15)14-5-9(6-14)16-2/h8-9H,3-6H2,1-2H3. The normalized spacial score (nSPS) is 20.5. The molecule has 0 radical (unpaired) electrons. The zero-order chi connectivity index (χ0) is 12.0. The number of rotatable bonds is 3. The zero-order valence-electron chi connectivity index (χ0n) is 10.1. The molecule has 0 N–H and O–H groups in total.